The van der Waals surface area contributed by atoms with E-state index in [1.807, 2.05) is 19.1 Å². The third kappa shape index (κ3) is 3.43. The molecular formula is C18H22ClN3O. The van der Waals surface area contributed by atoms with Gasteiger partial charge >= 0.3 is 0 Å². The Bertz CT molecular complexity index is 680. The molecule has 1 aliphatic rings. The van der Waals surface area contributed by atoms with Crippen molar-refractivity contribution >= 4 is 23.2 Å². The number of rotatable bonds is 4. The van der Waals surface area contributed by atoms with Crippen molar-refractivity contribution < 1.29 is 4.79 Å². The van der Waals surface area contributed by atoms with E-state index in [0.29, 0.717) is 11.1 Å². The second kappa shape index (κ2) is 6.77. The fourth-order valence-corrected chi connectivity index (χ4v) is 3.45. The molecule has 1 amide bonds. The lowest BCUT2D eigenvalue weighted by molar-refractivity contribution is -0.121. The third-order valence-electron chi connectivity index (χ3n) is 4.61. The van der Waals surface area contributed by atoms with Gasteiger partial charge in [0.25, 0.3) is 0 Å². The number of hydrogen-bond acceptors (Lipinski definition) is 2. The normalized spacial score (nSPS) is 19.7. The molecular weight excluding hydrogens is 310 g/mol. The first-order valence-electron chi connectivity index (χ1n) is 7.99. The van der Waals surface area contributed by atoms with E-state index < -0.39 is 0 Å². The van der Waals surface area contributed by atoms with Gasteiger partial charge in [-0.3, -0.25) is 9.69 Å². The molecule has 0 unspecified atom stereocenters. The zero-order valence-corrected chi connectivity index (χ0v) is 14.3. The van der Waals surface area contributed by atoms with Gasteiger partial charge in [0.05, 0.1) is 12.1 Å². The largest absolute Gasteiger partial charge is 0.353 e. The van der Waals surface area contributed by atoms with Crippen LogP contribution in [0.25, 0.3) is 0 Å². The predicted molar refractivity (Wildman–Crippen MR) is 93.6 cm³/mol. The van der Waals surface area contributed by atoms with Crippen LogP contribution in [0.4, 0.5) is 5.69 Å². The number of carbonyl (C=O) groups excluding carboxylic acids is 1. The lowest BCUT2D eigenvalue weighted by atomic mass is 10.1. The van der Waals surface area contributed by atoms with E-state index in [1.54, 1.807) is 12.1 Å². The van der Waals surface area contributed by atoms with Crippen LogP contribution in [0.5, 0.6) is 0 Å². The third-order valence-corrected chi connectivity index (χ3v) is 4.86. The highest BCUT2D eigenvalue weighted by molar-refractivity contribution is 6.30. The summed E-state index contributed by atoms with van der Waals surface area (Å²) in [5.74, 6) is 0.0217. The fourth-order valence-electron chi connectivity index (χ4n) is 3.32. The molecule has 1 N–H and O–H groups in total. The molecule has 23 heavy (non-hydrogen) atoms. The van der Waals surface area contributed by atoms with Crippen molar-refractivity contribution in [1.82, 2.24) is 9.47 Å². The van der Waals surface area contributed by atoms with E-state index in [2.05, 4.69) is 40.2 Å². The standard InChI is InChI=1S/C18H22ClN3O/c1-13(18(23)20-15-9-7-14(19)8-10-15)22-12-4-6-17(22)16-5-3-11-21(16)2/h3,5,7-11,13,17H,4,6,12H2,1-2H3,(H,20,23)/t13-,17-/m1/s1. The van der Waals surface area contributed by atoms with E-state index in [0.717, 1.165) is 25.1 Å². The minimum atomic E-state index is -0.173. The Balaban J connectivity index is 1.71. The summed E-state index contributed by atoms with van der Waals surface area (Å²) in [6, 6.07) is 11.6. The van der Waals surface area contributed by atoms with Crippen molar-refractivity contribution in [3.05, 3.63) is 53.3 Å². The molecule has 1 aliphatic heterocycles. The molecule has 0 bridgehead atoms. The van der Waals surface area contributed by atoms with Crippen molar-refractivity contribution in [2.45, 2.75) is 31.8 Å². The molecule has 1 aromatic carbocycles. The van der Waals surface area contributed by atoms with Crippen LogP contribution in [-0.2, 0) is 11.8 Å². The zero-order valence-electron chi connectivity index (χ0n) is 13.5. The van der Waals surface area contributed by atoms with Crippen molar-refractivity contribution in [2.75, 3.05) is 11.9 Å². The van der Waals surface area contributed by atoms with E-state index in [4.69, 9.17) is 11.6 Å². The number of hydrogen-bond donors (Lipinski definition) is 1. The van der Waals surface area contributed by atoms with Gasteiger partial charge in [-0.2, -0.15) is 0 Å². The molecule has 0 spiro atoms. The summed E-state index contributed by atoms with van der Waals surface area (Å²) in [7, 11) is 2.06. The highest BCUT2D eigenvalue weighted by Gasteiger charge is 2.33. The number of benzene rings is 1. The highest BCUT2D eigenvalue weighted by atomic mass is 35.5. The van der Waals surface area contributed by atoms with Crippen LogP contribution in [0, 0.1) is 0 Å². The van der Waals surface area contributed by atoms with E-state index in [-0.39, 0.29) is 11.9 Å². The Labute approximate surface area is 142 Å². The Morgan fingerprint density at radius 2 is 2.04 bits per heavy atom. The van der Waals surface area contributed by atoms with Crippen LogP contribution in [0.3, 0.4) is 0 Å². The first kappa shape index (κ1) is 16.1. The maximum Gasteiger partial charge on any atom is 0.241 e. The summed E-state index contributed by atoms with van der Waals surface area (Å²) in [6.07, 6.45) is 4.27. The number of nitrogens with one attached hydrogen (secondary N) is 1. The maximum atomic E-state index is 12.6. The van der Waals surface area contributed by atoms with Gasteiger partial charge in [-0.15, -0.1) is 0 Å². The van der Waals surface area contributed by atoms with Gasteiger partial charge in [0, 0.05) is 29.6 Å². The van der Waals surface area contributed by atoms with Crippen molar-refractivity contribution in [3.63, 3.8) is 0 Å². The average molecular weight is 332 g/mol. The number of amides is 1. The van der Waals surface area contributed by atoms with Gasteiger partial charge in [-0.25, -0.2) is 0 Å². The summed E-state index contributed by atoms with van der Waals surface area (Å²) in [6.45, 7) is 2.93. The second-order valence-corrected chi connectivity index (χ2v) is 6.55. The number of aryl methyl sites for hydroxylation is 1. The van der Waals surface area contributed by atoms with Gasteiger partial charge in [0.15, 0.2) is 0 Å². The Morgan fingerprint density at radius 3 is 2.70 bits per heavy atom. The molecule has 3 rings (SSSR count). The van der Waals surface area contributed by atoms with Gasteiger partial charge in [0.1, 0.15) is 0 Å². The average Bonchev–Trinajstić information content (AvgIpc) is 3.17. The summed E-state index contributed by atoms with van der Waals surface area (Å²) in [5, 5.41) is 3.65. The molecule has 1 fully saturated rings. The van der Waals surface area contributed by atoms with Gasteiger partial charge in [-0.05, 0) is 62.7 Å². The van der Waals surface area contributed by atoms with Crippen LogP contribution in [0.15, 0.2) is 42.6 Å². The van der Waals surface area contributed by atoms with Crippen molar-refractivity contribution in [1.29, 1.82) is 0 Å². The molecule has 0 saturated carbocycles. The molecule has 1 aromatic heterocycles. The van der Waals surface area contributed by atoms with Crippen molar-refractivity contribution in [3.8, 4) is 0 Å². The van der Waals surface area contributed by atoms with Gasteiger partial charge < -0.3 is 9.88 Å². The summed E-state index contributed by atoms with van der Waals surface area (Å²) < 4.78 is 2.15. The minimum absolute atomic E-state index is 0.0217. The number of anilines is 1. The lowest BCUT2D eigenvalue weighted by Gasteiger charge is -2.30. The lowest BCUT2D eigenvalue weighted by Crippen LogP contribution is -2.41. The highest BCUT2D eigenvalue weighted by Crippen LogP contribution is 2.33. The molecule has 122 valence electrons. The van der Waals surface area contributed by atoms with Crippen LogP contribution in [0.2, 0.25) is 5.02 Å². The number of halogens is 1. The quantitative estimate of drug-likeness (QED) is 0.924. The number of carbonyl (C=O) groups is 1. The molecule has 2 atom stereocenters. The second-order valence-electron chi connectivity index (χ2n) is 6.11. The number of likely N-dealkylation sites (tertiary alicyclic amines) is 1. The zero-order chi connectivity index (χ0) is 16.4. The van der Waals surface area contributed by atoms with Crippen LogP contribution in [-0.4, -0.2) is 28.0 Å². The predicted octanol–water partition coefficient (Wildman–Crippen LogP) is 3.84. The Hall–Kier alpha value is -1.78. The van der Waals surface area contributed by atoms with Crippen LogP contribution in [0.1, 0.15) is 31.5 Å². The monoisotopic (exact) mass is 331 g/mol. The summed E-state index contributed by atoms with van der Waals surface area (Å²) in [4.78, 5) is 14.9. The molecule has 4 nitrogen and oxygen atoms in total. The summed E-state index contributed by atoms with van der Waals surface area (Å²) in [5.41, 5.74) is 2.05. The maximum absolute atomic E-state index is 12.6. The van der Waals surface area contributed by atoms with E-state index in [9.17, 15) is 4.79 Å². The first-order valence-corrected chi connectivity index (χ1v) is 8.37. The Morgan fingerprint density at radius 1 is 1.30 bits per heavy atom. The number of nitrogens with zero attached hydrogens (tertiary/aromatic N) is 2. The van der Waals surface area contributed by atoms with Gasteiger partial charge in [0.2, 0.25) is 5.91 Å². The SMILES string of the molecule is C[C@H](C(=O)Nc1ccc(Cl)cc1)N1CCC[C@@H]1c1cccn1C. The molecule has 2 heterocycles. The molecule has 2 aromatic rings. The topological polar surface area (TPSA) is 37.3 Å². The van der Waals surface area contributed by atoms with E-state index in [1.165, 1.54) is 5.69 Å². The number of aromatic nitrogens is 1. The molecule has 0 aliphatic carbocycles. The molecule has 0 radical (unpaired) electrons. The fraction of sp³-hybridized carbons (Fsp3) is 0.389. The van der Waals surface area contributed by atoms with Crippen molar-refractivity contribution in [2.24, 2.45) is 7.05 Å². The first-order chi connectivity index (χ1) is 11.1. The van der Waals surface area contributed by atoms with Crippen LogP contribution < -0.4 is 5.32 Å². The Kier molecular flexibility index (Phi) is 4.74. The summed E-state index contributed by atoms with van der Waals surface area (Å²) >= 11 is 5.88. The van der Waals surface area contributed by atoms with E-state index >= 15 is 0 Å². The molecule has 5 heteroatoms. The molecule has 1 saturated heterocycles. The minimum Gasteiger partial charge on any atom is -0.353 e. The smallest absolute Gasteiger partial charge is 0.241 e. The van der Waals surface area contributed by atoms with Crippen LogP contribution >= 0.6 is 11.6 Å². The van der Waals surface area contributed by atoms with Gasteiger partial charge in [-0.1, -0.05) is 11.6 Å².